The lowest BCUT2D eigenvalue weighted by Crippen LogP contribution is -1.98. The van der Waals surface area contributed by atoms with Crippen LogP contribution in [-0.2, 0) is 14.3 Å². The van der Waals surface area contributed by atoms with E-state index >= 15 is 0 Å². The summed E-state index contributed by atoms with van der Waals surface area (Å²) >= 11 is 0. The van der Waals surface area contributed by atoms with Crippen LogP contribution in [0.15, 0.2) is 59.7 Å². The molecule has 25 heavy (non-hydrogen) atoms. The smallest absolute Gasteiger partial charge is 0.347 e. The Morgan fingerprint density at radius 2 is 1.72 bits per heavy atom. The van der Waals surface area contributed by atoms with Gasteiger partial charge in [0.25, 0.3) is 0 Å². The van der Waals surface area contributed by atoms with Crippen molar-refractivity contribution in [2.45, 2.75) is 6.92 Å². The van der Waals surface area contributed by atoms with Gasteiger partial charge in [0.15, 0.2) is 11.5 Å². The zero-order valence-corrected chi connectivity index (χ0v) is 13.4. The second kappa shape index (κ2) is 5.94. The van der Waals surface area contributed by atoms with Crippen LogP contribution in [0.1, 0.15) is 18.1 Å². The summed E-state index contributed by atoms with van der Waals surface area (Å²) in [5.74, 6) is -0.00731. The number of rotatable bonds is 2. The highest BCUT2D eigenvalue weighted by atomic mass is 16.7. The molecule has 4 rings (SSSR count). The Hall–Kier alpha value is -3.34. The van der Waals surface area contributed by atoms with E-state index in [1.165, 1.54) is 0 Å². The predicted molar refractivity (Wildman–Crippen MR) is 90.7 cm³/mol. The number of allylic oxidation sites excluding steroid dienone is 1. The molecule has 2 aliphatic rings. The van der Waals surface area contributed by atoms with E-state index in [9.17, 15) is 9.59 Å². The molecule has 0 saturated carbocycles. The Bertz CT molecular complexity index is 938. The highest BCUT2D eigenvalue weighted by Crippen LogP contribution is 2.35. The first-order valence-electron chi connectivity index (χ1n) is 7.78. The number of carbonyl (C=O) groups is 2. The minimum atomic E-state index is -0.645. The van der Waals surface area contributed by atoms with Gasteiger partial charge < -0.3 is 14.2 Å². The van der Waals surface area contributed by atoms with Gasteiger partial charge in [-0.15, -0.1) is 0 Å². The summed E-state index contributed by atoms with van der Waals surface area (Å²) in [5, 5.41) is 0. The van der Waals surface area contributed by atoms with Gasteiger partial charge in [0.05, 0.1) is 11.1 Å². The quantitative estimate of drug-likeness (QED) is 0.479. The number of ether oxygens (including phenoxy) is 3. The third-order valence-electron chi connectivity index (χ3n) is 4.17. The van der Waals surface area contributed by atoms with Crippen molar-refractivity contribution in [2.75, 3.05) is 6.79 Å². The molecule has 1 fully saturated rings. The Morgan fingerprint density at radius 1 is 0.960 bits per heavy atom. The molecule has 5 heteroatoms. The third-order valence-corrected chi connectivity index (χ3v) is 4.17. The maximum absolute atomic E-state index is 12.2. The van der Waals surface area contributed by atoms with Gasteiger partial charge in [-0.05, 0) is 41.8 Å². The van der Waals surface area contributed by atoms with Crippen molar-refractivity contribution in [3.8, 4) is 11.5 Å². The summed E-state index contributed by atoms with van der Waals surface area (Å²) in [4.78, 5) is 24.4. The predicted octanol–water partition coefficient (Wildman–Crippen LogP) is 3.36. The lowest BCUT2D eigenvalue weighted by molar-refractivity contribution is -0.149. The van der Waals surface area contributed by atoms with Crippen LogP contribution < -0.4 is 9.47 Å². The summed E-state index contributed by atoms with van der Waals surface area (Å²) in [6.07, 6.45) is 1.64. The second-order valence-corrected chi connectivity index (χ2v) is 5.71. The highest BCUT2D eigenvalue weighted by molar-refractivity contribution is 6.23. The molecule has 0 amide bonds. The number of fused-ring (bicyclic) bond motifs is 1. The average molecular weight is 334 g/mol. The lowest BCUT2D eigenvalue weighted by Gasteiger charge is -2.05. The summed E-state index contributed by atoms with van der Waals surface area (Å²) in [7, 11) is 0. The number of cyclic esters (lactones) is 2. The summed E-state index contributed by atoms with van der Waals surface area (Å²) in [5.41, 5.74) is 2.81. The van der Waals surface area contributed by atoms with Gasteiger partial charge in [0.1, 0.15) is 0 Å². The molecule has 0 N–H and O–H groups in total. The first-order chi connectivity index (χ1) is 12.1. The summed E-state index contributed by atoms with van der Waals surface area (Å²) < 4.78 is 15.5. The van der Waals surface area contributed by atoms with Crippen LogP contribution in [0, 0.1) is 0 Å². The molecule has 124 valence electrons. The number of hydrogen-bond donors (Lipinski definition) is 0. The maximum atomic E-state index is 12.2. The normalized spacial score (nSPS) is 19.3. The SMILES string of the molecule is C/C(=C1\C(=O)OC(=O)\C1=C\c1ccc2c(c1)OCO2)c1ccccc1. The Balaban J connectivity index is 1.81. The van der Waals surface area contributed by atoms with Crippen molar-refractivity contribution in [1.82, 2.24) is 0 Å². The molecule has 2 aromatic carbocycles. The number of benzene rings is 2. The minimum absolute atomic E-state index is 0.175. The number of carbonyl (C=O) groups excluding carboxylic acids is 2. The summed E-state index contributed by atoms with van der Waals surface area (Å²) in [6, 6.07) is 14.7. The first kappa shape index (κ1) is 15.2. The van der Waals surface area contributed by atoms with Gasteiger partial charge >= 0.3 is 11.9 Å². The second-order valence-electron chi connectivity index (χ2n) is 5.71. The molecule has 0 bridgehead atoms. The van der Waals surface area contributed by atoms with E-state index in [2.05, 4.69) is 0 Å². The van der Waals surface area contributed by atoms with Crippen LogP contribution >= 0.6 is 0 Å². The van der Waals surface area contributed by atoms with Gasteiger partial charge in [-0.2, -0.15) is 0 Å². The number of esters is 2. The molecule has 0 unspecified atom stereocenters. The molecule has 5 nitrogen and oxygen atoms in total. The van der Waals surface area contributed by atoms with Crippen LogP contribution in [0.2, 0.25) is 0 Å². The topological polar surface area (TPSA) is 61.8 Å². The molecule has 0 radical (unpaired) electrons. The van der Waals surface area contributed by atoms with Crippen LogP contribution in [0.4, 0.5) is 0 Å². The monoisotopic (exact) mass is 334 g/mol. The first-order valence-corrected chi connectivity index (χ1v) is 7.78. The van der Waals surface area contributed by atoms with Gasteiger partial charge in [-0.3, -0.25) is 0 Å². The summed E-state index contributed by atoms with van der Waals surface area (Å²) in [6.45, 7) is 1.98. The van der Waals surface area contributed by atoms with Crippen molar-refractivity contribution in [3.63, 3.8) is 0 Å². The zero-order valence-electron chi connectivity index (χ0n) is 13.4. The molecule has 0 atom stereocenters. The lowest BCUT2D eigenvalue weighted by atomic mass is 9.96. The largest absolute Gasteiger partial charge is 0.454 e. The van der Waals surface area contributed by atoms with Crippen molar-refractivity contribution in [3.05, 3.63) is 70.8 Å². The number of hydrogen-bond acceptors (Lipinski definition) is 5. The molecular weight excluding hydrogens is 320 g/mol. The standard InChI is InChI=1S/C20H14O5/c1-12(14-5-3-2-4-6-14)18-15(19(21)25-20(18)22)9-13-7-8-16-17(10-13)24-11-23-16/h2-10H,11H2,1H3/b15-9+,18-12+. The molecule has 2 aromatic rings. The van der Waals surface area contributed by atoms with E-state index in [-0.39, 0.29) is 17.9 Å². The molecule has 0 aromatic heterocycles. The van der Waals surface area contributed by atoms with Crippen LogP contribution in [-0.4, -0.2) is 18.7 Å². The van der Waals surface area contributed by atoms with E-state index < -0.39 is 11.9 Å². The third kappa shape index (κ3) is 2.70. The van der Waals surface area contributed by atoms with Crippen molar-refractivity contribution in [1.29, 1.82) is 0 Å². The maximum Gasteiger partial charge on any atom is 0.347 e. The molecule has 0 aliphatic carbocycles. The van der Waals surface area contributed by atoms with Crippen molar-refractivity contribution < 1.29 is 23.8 Å². The van der Waals surface area contributed by atoms with Crippen LogP contribution in [0.25, 0.3) is 11.6 Å². The van der Waals surface area contributed by atoms with Crippen molar-refractivity contribution in [2.24, 2.45) is 0 Å². The fourth-order valence-electron chi connectivity index (χ4n) is 2.89. The Kier molecular flexibility index (Phi) is 3.61. The van der Waals surface area contributed by atoms with E-state index in [0.717, 1.165) is 11.1 Å². The van der Waals surface area contributed by atoms with Gasteiger partial charge in [-0.1, -0.05) is 36.4 Å². The molecule has 2 heterocycles. The van der Waals surface area contributed by atoms with E-state index in [4.69, 9.17) is 14.2 Å². The molecule has 0 spiro atoms. The van der Waals surface area contributed by atoms with Gasteiger partial charge in [0.2, 0.25) is 6.79 Å². The fraction of sp³-hybridized carbons (Fsp3) is 0.100. The van der Waals surface area contributed by atoms with Gasteiger partial charge in [-0.25, -0.2) is 9.59 Å². The van der Waals surface area contributed by atoms with Crippen LogP contribution in [0.5, 0.6) is 11.5 Å². The van der Waals surface area contributed by atoms with Crippen molar-refractivity contribution >= 4 is 23.6 Å². The zero-order chi connectivity index (χ0) is 17.4. The molecule has 2 aliphatic heterocycles. The Labute approximate surface area is 144 Å². The van der Waals surface area contributed by atoms with E-state index in [1.54, 1.807) is 31.2 Å². The van der Waals surface area contributed by atoms with Crippen LogP contribution in [0.3, 0.4) is 0 Å². The fourth-order valence-corrected chi connectivity index (χ4v) is 2.89. The van der Waals surface area contributed by atoms with Gasteiger partial charge in [0, 0.05) is 0 Å². The Morgan fingerprint density at radius 3 is 2.52 bits per heavy atom. The highest BCUT2D eigenvalue weighted by Gasteiger charge is 2.35. The molecule has 1 saturated heterocycles. The van der Waals surface area contributed by atoms with E-state index in [1.807, 2.05) is 30.3 Å². The minimum Gasteiger partial charge on any atom is -0.454 e. The molecular formula is C20H14O5. The van der Waals surface area contributed by atoms with E-state index in [0.29, 0.717) is 17.1 Å². The average Bonchev–Trinajstić information content (AvgIpc) is 3.19.